The Bertz CT molecular complexity index is 1460. The van der Waals surface area contributed by atoms with E-state index in [1.54, 1.807) is 16.8 Å². The molecule has 2 aliphatic heterocycles. The van der Waals surface area contributed by atoms with Crippen molar-refractivity contribution in [3.05, 3.63) is 80.6 Å². The molecule has 10 nitrogen and oxygen atoms in total. The number of pyridine rings is 1. The summed E-state index contributed by atoms with van der Waals surface area (Å²) >= 11 is 6.65. The molecule has 2 aromatic carbocycles. The molecule has 3 heterocycles. The number of aliphatic imine (C=N–C) groups is 1. The van der Waals surface area contributed by atoms with Crippen LogP contribution in [0.3, 0.4) is 0 Å². The first-order valence-electron chi connectivity index (χ1n) is 13.5. The highest BCUT2D eigenvalue weighted by Gasteiger charge is 2.23. The fourth-order valence-corrected chi connectivity index (χ4v) is 5.48. The van der Waals surface area contributed by atoms with Crippen molar-refractivity contribution in [3.8, 4) is 11.1 Å². The lowest BCUT2D eigenvalue weighted by atomic mass is 9.99. The number of morpholine rings is 1. The van der Waals surface area contributed by atoms with E-state index in [1.807, 2.05) is 37.3 Å². The van der Waals surface area contributed by atoms with E-state index in [9.17, 15) is 4.79 Å². The highest BCUT2D eigenvalue weighted by atomic mass is 35.5. The highest BCUT2D eigenvalue weighted by Crippen LogP contribution is 2.33. The number of hydrogen-bond acceptors (Lipinski definition) is 9. The number of ether oxygens (including phenoxy) is 1. The van der Waals surface area contributed by atoms with Crippen molar-refractivity contribution in [1.29, 1.82) is 5.53 Å². The molecule has 3 unspecified atom stereocenters. The summed E-state index contributed by atoms with van der Waals surface area (Å²) in [6, 6.07) is 15.1. The molecule has 210 valence electrons. The van der Waals surface area contributed by atoms with Gasteiger partial charge >= 0.3 is 0 Å². The molecular weight excluding hydrogens is 528 g/mol. The van der Waals surface area contributed by atoms with Crippen molar-refractivity contribution >= 4 is 29.3 Å². The number of nitrogens with one attached hydrogen (secondary N) is 3. The summed E-state index contributed by atoms with van der Waals surface area (Å²) in [4.78, 5) is 20.5. The molecule has 11 heteroatoms. The lowest BCUT2D eigenvalue weighted by molar-refractivity contribution is -0.0208. The minimum Gasteiger partial charge on any atom is -0.371 e. The molecule has 1 saturated heterocycles. The van der Waals surface area contributed by atoms with Crippen LogP contribution in [-0.4, -0.2) is 55.3 Å². The predicted octanol–water partition coefficient (Wildman–Crippen LogP) is 4.85. The second-order valence-electron chi connectivity index (χ2n) is 10.1. The van der Waals surface area contributed by atoms with Crippen LogP contribution in [0.15, 0.2) is 63.4 Å². The Kier molecular flexibility index (Phi) is 8.60. The maximum absolute atomic E-state index is 13.6. The van der Waals surface area contributed by atoms with Gasteiger partial charge in [-0.05, 0) is 62.3 Å². The molecule has 0 bridgehead atoms. The third kappa shape index (κ3) is 5.80. The van der Waals surface area contributed by atoms with Gasteiger partial charge in [-0.15, -0.1) is 0 Å². The zero-order chi connectivity index (χ0) is 28.2. The maximum Gasteiger partial charge on any atom is 0.260 e. The van der Waals surface area contributed by atoms with Crippen molar-refractivity contribution in [3.63, 3.8) is 0 Å². The van der Waals surface area contributed by atoms with Crippen LogP contribution in [0.5, 0.6) is 0 Å². The fraction of sp³-hybridized carbons (Fsp3) is 0.379. The van der Waals surface area contributed by atoms with Gasteiger partial charge in [-0.3, -0.25) is 9.36 Å². The van der Waals surface area contributed by atoms with Crippen LogP contribution in [-0.2, 0) is 11.3 Å². The topological polar surface area (TPSA) is 133 Å². The third-order valence-electron chi connectivity index (χ3n) is 7.39. The molecule has 0 spiro atoms. The summed E-state index contributed by atoms with van der Waals surface area (Å²) in [6.07, 6.45) is 1.96. The molecule has 0 radical (unpaired) electrons. The van der Waals surface area contributed by atoms with Crippen LogP contribution in [0.2, 0.25) is 5.02 Å². The van der Waals surface area contributed by atoms with Crippen LogP contribution < -0.4 is 21.9 Å². The monoisotopic (exact) mass is 562 g/mol. The van der Waals surface area contributed by atoms with Crippen LogP contribution in [0.1, 0.15) is 42.2 Å². The molecule has 1 aromatic heterocycles. The van der Waals surface area contributed by atoms with Gasteiger partial charge in [-0.2, -0.15) is 5.11 Å². The Morgan fingerprint density at radius 3 is 2.73 bits per heavy atom. The summed E-state index contributed by atoms with van der Waals surface area (Å²) in [5.74, 6) is 0.697. The first-order chi connectivity index (χ1) is 19.4. The van der Waals surface area contributed by atoms with Gasteiger partial charge in [-0.25, -0.2) is 10.5 Å². The zero-order valence-electron chi connectivity index (χ0n) is 22.7. The van der Waals surface area contributed by atoms with E-state index in [-0.39, 0.29) is 17.7 Å². The molecule has 3 aromatic rings. The lowest BCUT2D eigenvalue weighted by Gasteiger charge is -2.30. The van der Waals surface area contributed by atoms with E-state index in [2.05, 4.69) is 44.8 Å². The minimum atomic E-state index is -0.436. The molecule has 5 rings (SSSR count). The number of rotatable bonds is 9. The number of hydrogen-bond donors (Lipinski definition) is 4. The van der Waals surface area contributed by atoms with Crippen molar-refractivity contribution in [2.24, 2.45) is 15.8 Å². The number of likely N-dealkylation sites (N-methyl/N-ethyl adjacent to an activating group) is 1. The average molecular weight is 563 g/mol. The van der Waals surface area contributed by atoms with Gasteiger partial charge < -0.3 is 26.0 Å². The van der Waals surface area contributed by atoms with Gasteiger partial charge in [-0.1, -0.05) is 35.9 Å². The quantitative estimate of drug-likeness (QED) is 0.275. The molecule has 3 atom stereocenters. The van der Waals surface area contributed by atoms with Crippen molar-refractivity contribution < 1.29 is 4.74 Å². The summed E-state index contributed by atoms with van der Waals surface area (Å²) in [7, 11) is 2.11. The first-order valence-corrected chi connectivity index (χ1v) is 13.9. The number of fused-ring (bicyclic) bond motifs is 1. The van der Waals surface area contributed by atoms with Gasteiger partial charge in [0.1, 0.15) is 5.82 Å². The number of anilines is 2. The largest absolute Gasteiger partial charge is 0.371 e. The van der Waals surface area contributed by atoms with E-state index in [0.717, 1.165) is 42.1 Å². The smallest absolute Gasteiger partial charge is 0.260 e. The average Bonchev–Trinajstić information content (AvgIpc) is 2.96. The van der Waals surface area contributed by atoms with E-state index >= 15 is 0 Å². The normalized spacial score (nSPS) is 19.5. The Balaban J connectivity index is 1.36. The molecule has 5 N–H and O–H groups in total. The molecule has 0 aliphatic carbocycles. The molecular formula is C29H35ClN8O2. The van der Waals surface area contributed by atoms with E-state index in [4.69, 9.17) is 27.6 Å². The summed E-state index contributed by atoms with van der Waals surface area (Å²) in [5.41, 5.74) is 17.7. The van der Waals surface area contributed by atoms with Gasteiger partial charge in [0.25, 0.3) is 5.56 Å². The third-order valence-corrected chi connectivity index (χ3v) is 7.70. The van der Waals surface area contributed by atoms with Gasteiger partial charge in [0.2, 0.25) is 0 Å². The molecule has 0 amide bonds. The summed E-state index contributed by atoms with van der Waals surface area (Å²) in [5, 5.41) is 10.9. The highest BCUT2D eigenvalue weighted by molar-refractivity contribution is 6.33. The fourth-order valence-electron chi connectivity index (χ4n) is 5.19. The first kappa shape index (κ1) is 28.0. The molecule has 40 heavy (non-hydrogen) atoms. The molecule has 1 fully saturated rings. The Morgan fingerprint density at radius 1 is 1.25 bits per heavy atom. The lowest BCUT2D eigenvalue weighted by Crippen LogP contribution is -2.35. The van der Waals surface area contributed by atoms with Crippen LogP contribution >= 0.6 is 11.6 Å². The summed E-state index contributed by atoms with van der Waals surface area (Å²) < 4.78 is 7.62. The van der Waals surface area contributed by atoms with E-state index < -0.39 is 6.29 Å². The summed E-state index contributed by atoms with van der Waals surface area (Å²) in [6.45, 7) is 5.38. The van der Waals surface area contributed by atoms with Crippen LogP contribution in [0.25, 0.3) is 11.1 Å². The second-order valence-corrected chi connectivity index (χ2v) is 10.5. The van der Waals surface area contributed by atoms with Gasteiger partial charge in [0.05, 0.1) is 18.8 Å². The number of benzene rings is 2. The Labute approximate surface area is 238 Å². The van der Waals surface area contributed by atoms with Gasteiger partial charge in [0, 0.05) is 53.2 Å². The second kappa shape index (κ2) is 12.3. The number of nitrogens with two attached hydrogens (primary N) is 1. The standard InChI is InChI=1S/C29H35ClN8O2/c1-3-38-27-20(14-23(28(38)39)22-9-6-19(15-24(22)30)25(36-32)10-11-31)16-33-29(35-27)34-21-7-4-18(5-8-21)26-17-37(2)12-13-40-26/h4-9,14-16,25-26,29,32,34-35H,3,10-13,17,31H2,1-2H3. The Hall–Kier alpha value is -3.57. The number of aromatic nitrogens is 1. The Morgan fingerprint density at radius 2 is 2.05 bits per heavy atom. The van der Waals surface area contributed by atoms with Crippen molar-refractivity contribution in [1.82, 2.24) is 9.47 Å². The van der Waals surface area contributed by atoms with Crippen LogP contribution in [0.4, 0.5) is 11.5 Å². The van der Waals surface area contributed by atoms with Crippen LogP contribution in [0, 0.1) is 5.53 Å². The van der Waals surface area contributed by atoms with E-state index in [1.165, 1.54) is 0 Å². The zero-order valence-corrected chi connectivity index (χ0v) is 23.5. The molecule has 0 saturated carbocycles. The van der Waals surface area contributed by atoms with Crippen molar-refractivity contribution in [2.45, 2.75) is 38.3 Å². The van der Waals surface area contributed by atoms with E-state index in [0.29, 0.717) is 41.5 Å². The van der Waals surface area contributed by atoms with Gasteiger partial charge in [0.15, 0.2) is 6.29 Å². The number of nitrogens with zero attached hydrogens (tertiary/aromatic N) is 4. The maximum atomic E-state index is 13.6. The van der Waals surface area contributed by atoms with Crippen molar-refractivity contribution in [2.75, 3.05) is 43.9 Å². The number of halogens is 1. The molecule has 2 aliphatic rings. The SMILES string of the molecule is CCn1c2c(cc(-c3ccc(C(CCN)N=N)cc3Cl)c1=O)C=NC(Nc1ccc(C3CN(C)CCO3)cc1)N2. The predicted molar refractivity (Wildman–Crippen MR) is 160 cm³/mol. The minimum absolute atomic E-state index is 0.0726.